The van der Waals surface area contributed by atoms with E-state index in [0.717, 1.165) is 34.2 Å². The summed E-state index contributed by atoms with van der Waals surface area (Å²) in [6.07, 6.45) is 5.71. The Bertz CT molecular complexity index is 1040. The summed E-state index contributed by atoms with van der Waals surface area (Å²) in [6.45, 7) is 6.36. The van der Waals surface area contributed by atoms with Gasteiger partial charge in [-0.1, -0.05) is 61.6 Å². The summed E-state index contributed by atoms with van der Waals surface area (Å²) in [5.41, 5.74) is 7.88. The number of hydrogen-bond acceptors (Lipinski definition) is 0. The molecule has 0 heterocycles. The zero-order chi connectivity index (χ0) is 20.6. The Balaban J connectivity index is 1.74. The molecule has 0 aliphatic heterocycles. The van der Waals surface area contributed by atoms with Crippen molar-refractivity contribution in [3.05, 3.63) is 106 Å². The lowest BCUT2D eigenvalue weighted by Gasteiger charge is -2.05. The second-order valence-corrected chi connectivity index (χ2v) is 7.46. The molecule has 0 nitrogen and oxygen atoms in total. The summed E-state index contributed by atoms with van der Waals surface area (Å²) in [4.78, 5) is 0. The van der Waals surface area contributed by atoms with E-state index in [-0.39, 0.29) is 5.82 Å². The first-order chi connectivity index (χ1) is 14.0. The minimum absolute atomic E-state index is 0.212. The maximum Gasteiger partial charge on any atom is 0.123 e. The van der Waals surface area contributed by atoms with Crippen molar-refractivity contribution in [3.63, 3.8) is 0 Å². The van der Waals surface area contributed by atoms with Crippen molar-refractivity contribution < 1.29 is 4.39 Å². The highest BCUT2D eigenvalue weighted by Gasteiger charge is 2.01. The van der Waals surface area contributed by atoms with Crippen LogP contribution in [0.5, 0.6) is 0 Å². The molecule has 0 N–H and O–H groups in total. The van der Waals surface area contributed by atoms with Crippen molar-refractivity contribution in [3.8, 4) is 11.8 Å². The van der Waals surface area contributed by atoms with Gasteiger partial charge in [0, 0.05) is 11.1 Å². The third kappa shape index (κ3) is 5.93. The van der Waals surface area contributed by atoms with Crippen molar-refractivity contribution in [2.45, 2.75) is 40.0 Å². The van der Waals surface area contributed by atoms with Crippen molar-refractivity contribution in [1.29, 1.82) is 0 Å². The number of aryl methyl sites for hydroxylation is 2. The Morgan fingerprint density at radius 2 is 1.55 bits per heavy atom. The van der Waals surface area contributed by atoms with E-state index in [9.17, 15) is 4.39 Å². The molecule has 146 valence electrons. The SMILES string of the molecule is CCCCc1ccc(C#Cc2ccc(/C=C(\C)c3ccc(F)cc3)c(C)c2)cc1. The molecule has 0 unspecified atom stereocenters. The van der Waals surface area contributed by atoms with Crippen LogP contribution in [-0.2, 0) is 6.42 Å². The van der Waals surface area contributed by atoms with Crippen LogP contribution < -0.4 is 0 Å². The van der Waals surface area contributed by atoms with E-state index in [1.54, 1.807) is 0 Å². The summed E-state index contributed by atoms with van der Waals surface area (Å²) in [6, 6.07) is 21.4. The number of hydrogen-bond donors (Lipinski definition) is 0. The van der Waals surface area contributed by atoms with Crippen LogP contribution >= 0.6 is 0 Å². The van der Waals surface area contributed by atoms with Gasteiger partial charge in [0.25, 0.3) is 0 Å². The standard InChI is InChI=1S/C28H27F/c1-4-5-6-23-7-9-24(10-8-23)11-12-25-13-14-27(21(2)19-25)20-22(3)26-15-17-28(29)18-16-26/h7-10,13-20H,4-6H2,1-3H3/b22-20+. The fourth-order valence-electron chi connectivity index (χ4n) is 3.22. The molecular weight excluding hydrogens is 355 g/mol. The van der Waals surface area contributed by atoms with E-state index >= 15 is 0 Å². The number of unbranched alkanes of at least 4 members (excludes halogenated alkanes) is 1. The normalized spacial score (nSPS) is 11.1. The smallest absolute Gasteiger partial charge is 0.123 e. The maximum atomic E-state index is 13.1. The monoisotopic (exact) mass is 382 g/mol. The van der Waals surface area contributed by atoms with Gasteiger partial charge in [0.2, 0.25) is 0 Å². The molecule has 29 heavy (non-hydrogen) atoms. The molecule has 0 saturated carbocycles. The summed E-state index contributed by atoms with van der Waals surface area (Å²) < 4.78 is 13.1. The lowest BCUT2D eigenvalue weighted by molar-refractivity contribution is 0.627. The molecule has 0 fully saturated rings. The molecule has 1 heteroatoms. The van der Waals surface area contributed by atoms with Gasteiger partial charge >= 0.3 is 0 Å². The highest BCUT2D eigenvalue weighted by molar-refractivity contribution is 5.81. The van der Waals surface area contributed by atoms with Crippen LogP contribution in [0.3, 0.4) is 0 Å². The van der Waals surface area contributed by atoms with Gasteiger partial charge in [0.15, 0.2) is 0 Å². The molecule has 0 atom stereocenters. The Hall–Kier alpha value is -3.11. The zero-order valence-corrected chi connectivity index (χ0v) is 17.4. The predicted molar refractivity (Wildman–Crippen MR) is 122 cm³/mol. The lowest BCUT2D eigenvalue weighted by Crippen LogP contribution is -1.87. The van der Waals surface area contributed by atoms with Crippen LogP contribution in [0.2, 0.25) is 0 Å². The molecule has 0 radical (unpaired) electrons. The van der Waals surface area contributed by atoms with Crippen molar-refractivity contribution in [1.82, 2.24) is 0 Å². The van der Waals surface area contributed by atoms with Gasteiger partial charge in [0.05, 0.1) is 0 Å². The molecule has 3 rings (SSSR count). The molecule has 0 saturated heterocycles. The largest absolute Gasteiger partial charge is 0.207 e. The molecule has 0 amide bonds. The van der Waals surface area contributed by atoms with Gasteiger partial charge in [-0.2, -0.15) is 0 Å². The van der Waals surface area contributed by atoms with E-state index in [2.05, 4.69) is 74.2 Å². The van der Waals surface area contributed by atoms with Gasteiger partial charge in [0.1, 0.15) is 5.82 Å². The van der Waals surface area contributed by atoms with Gasteiger partial charge in [-0.15, -0.1) is 0 Å². The van der Waals surface area contributed by atoms with Crippen molar-refractivity contribution >= 4 is 11.6 Å². The molecule has 3 aromatic rings. The van der Waals surface area contributed by atoms with Gasteiger partial charge in [-0.25, -0.2) is 4.39 Å². The number of allylic oxidation sites excluding steroid dienone is 1. The minimum atomic E-state index is -0.212. The number of halogens is 1. The quantitative estimate of drug-likeness (QED) is 0.318. The average molecular weight is 383 g/mol. The Labute approximate surface area is 174 Å². The summed E-state index contributed by atoms with van der Waals surface area (Å²) in [5, 5.41) is 0. The van der Waals surface area contributed by atoms with Crippen LogP contribution in [0.1, 0.15) is 60.1 Å². The molecule has 0 aliphatic rings. The summed E-state index contributed by atoms with van der Waals surface area (Å²) in [7, 11) is 0. The molecule has 0 aliphatic carbocycles. The molecular formula is C28H27F. The topological polar surface area (TPSA) is 0 Å². The minimum Gasteiger partial charge on any atom is -0.207 e. The molecule has 0 bridgehead atoms. The third-order valence-corrected chi connectivity index (χ3v) is 5.07. The van der Waals surface area contributed by atoms with Crippen LogP contribution in [0.25, 0.3) is 11.6 Å². The second-order valence-electron chi connectivity index (χ2n) is 7.46. The lowest BCUT2D eigenvalue weighted by atomic mass is 10.00. The van der Waals surface area contributed by atoms with Gasteiger partial charge in [-0.3, -0.25) is 0 Å². The average Bonchev–Trinajstić information content (AvgIpc) is 2.73. The van der Waals surface area contributed by atoms with Crippen LogP contribution in [-0.4, -0.2) is 0 Å². The fraction of sp³-hybridized carbons (Fsp3) is 0.214. The first-order valence-electron chi connectivity index (χ1n) is 10.2. The highest BCUT2D eigenvalue weighted by atomic mass is 19.1. The predicted octanol–water partition coefficient (Wildman–Crippen LogP) is 7.44. The van der Waals surface area contributed by atoms with Crippen LogP contribution in [0.15, 0.2) is 66.7 Å². The molecule has 0 aromatic heterocycles. The summed E-state index contributed by atoms with van der Waals surface area (Å²) >= 11 is 0. The first-order valence-corrected chi connectivity index (χ1v) is 10.2. The Morgan fingerprint density at radius 1 is 0.897 bits per heavy atom. The Morgan fingerprint density at radius 3 is 2.21 bits per heavy atom. The van der Waals surface area contributed by atoms with E-state index < -0.39 is 0 Å². The van der Waals surface area contributed by atoms with Gasteiger partial charge in [-0.05, 0) is 90.9 Å². The maximum absolute atomic E-state index is 13.1. The van der Waals surface area contributed by atoms with Gasteiger partial charge < -0.3 is 0 Å². The van der Waals surface area contributed by atoms with E-state index in [1.807, 2.05) is 19.1 Å². The van der Waals surface area contributed by atoms with Crippen LogP contribution in [0.4, 0.5) is 4.39 Å². The Kier molecular flexibility index (Phi) is 7.04. The number of rotatable bonds is 5. The highest BCUT2D eigenvalue weighted by Crippen LogP contribution is 2.21. The van der Waals surface area contributed by atoms with E-state index in [4.69, 9.17) is 0 Å². The van der Waals surface area contributed by atoms with E-state index in [0.29, 0.717) is 0 Å². The van der Waals surface area contributed by atoms with E-state index in [1.165, 1.54) is 36.1 Å². The zero-order valence-electron chi connectivity index (χ0n) is 17.4. The fourth-order valence-corrected chi connectivity index (χ4v) is 3.22. The third-order valence-electron chi connectivity index (χ3n) is 5.07. The second kappa shape index (κ2) is 9.89. The first kappa shape index (κ1) is 20.6. The summed E-state index contributed by atoms with van der Waals surface area (Å²) in [5.74, 6) is 6.32. The molecule has 0 spiro atoms. The van der Waals surface area contributed by atoms with Crippen molar-refractivity contribution in [2.24, 2.45) is 0 Å². The molecule has 3 aromatic carbocycles. The van der Waals surface area contributed by atoms with Crippen LogP contribution in [0, 0.1) is 24.6 Å². The number of benzene rings is 3. The van der Waals surface area contributed by atoms with Crippen molar-refractivity contribution in [2.75, 3.05) is 0 Å².